The van der Waals surface area contributed by atoms with E-state index in [1.807, 2.05) is 27.7 Å². The Morgan fingerprint density at radius 3 is 0.922 bits per heavy atom. The van der Waals surface area contributed by atoms with E-state index in [1.165, 1.54) is 32.6 Å². The summed E-state index contributed by atoms with van der Waals surface area (Å²) in [5.74, 6) is -2.84. The number of rotatable bonds is 47. The monoisotopic (exact) mass is 1880 g/mol. The number of nitrogens with one attached hydrogen (secondary N) is 4. The molecule has 16 N–H and O–H groups in total. The van der Waals surface area contributed by atoms with Gasteiger partial charge in [-0.15, -0.1) is 0 Å². The number of hydrogen-bond acceptors (Lipinski definition) is 37. The molecule has 0 aromatic carbocycles. The lowest BCUT2D eigenvalue weighted by Gasteiger charge is -2.42. The molecule has 0 aliphatic carbocycles. The molecular weight excluding hydrogens is 1740 g/mol. The molecule has 8 amide bonds. The van der Waals surface area contributed by atoms with Crippen molar-refractivity contribution in [2.75, 3.05) is 113 Å². The number of ether oxygens (including phenoxy) is 11. The van der Waals surface area contributed by atoms with Crippen LogP contribution in [0.2, 0.25) is 0 Å². The number of hydrogen-bond donors (Lipinski definition) is 16. The lowest BCUT2D eigenvalue weighted by Crippen LogP contribution is -2.64. The van der Waals surface area contributed by atoms with E-state index in [4.69, 9.17) is 70.2 Å². The smallest absolute Gasteiger partial charge is 0.222 e. The van der Waals surface area contributed by atoms with Crippen LogP contribution in [0.4, 0.5) is 0 Å². The Bertz CT molecular complexity index is 3550. The zero-order valence-electron chi connectivity index (χ0n) is 75.0. The average molecular weight is 1880 g/mol. The third-order valence-electron chi connectivity index (χ3n) is 23.3. The highest BCUT2D eigenvalue weighted by molar-refractivity contribution is 7.57. The molecular formula is C81H142N8O37P2-2. The zero-order chi connectivity index (χ0) is 94.7. The van der Waals surface area contributed by atoms with Crippen LogP contribution < -0.4 is 31.1 Å². The third kappa shape index (κ3) is 33.3. The number of aliphatic hydroxyl groups excluding tert-OH is 12. The summed E-state index contributed by atoms with van der Waals surface area (Å²) >= 11 is 0. The molecule has 0 bridgehead atoms. The maximum absolute atomic E-state index is 14.3. The molecule has 8 aliphatic rings. The molecule has 0 aromatic rings. The number of likely N-dealkylation sites (tertiary alicyclic amines) is 4. The van der Waals surface area contributed by atoms with Crippen molar-refractivity contribution in [2.45, 2.75) is 341 Å². The van der Waals surface area contributed by atoms with Crippen LogP contribution in [-0.4, -0.2) is 431 Å². The fraction of sp³-hybridized carbons (Fsp3) is 0.877. The number of carbonyl (C=O) groups is 8. The van der Waals surface area contributed by atoms with Gasteiger partial charge < -0.3 is 182 Å². The first-order valence-electron chi connectivity index (χ1n) is 44.0. The first-order valence-corrected chi connectivity index (χ1v) is 47.4. The Morgan fingerprint density at radius 1 is 0.398 bits per heavy atom. The molecule has 45 nitrogen and oxygen atoms in total. The van der Waals surface area contributed by atoms with Crippen molar-refractivity contribution < 1.29 is 180 Å². The summed E-state index contributed by atoms with van der Waals surface area (Å²) in [5.41, 5.74) is -0.595. The standard InChI is InChI=1S/C61H106N6O28P2.C20H36N2O9/c1-10-37-23-41(27-65(37)46(74)17-11-14-20-85-58-49(62-34(2)71)55(80)52(77)43(29-68)90-58)94-96(8,83)89-33-39-25-42(28-67(39)48(76)19-13-16-22-87-60-51(64-36(4)73)57(82)54(79)45(31-70)92-60)95-97(9,84)88-32-38-24-40(93-61(5,6)7)26-66(38)47(75)18-12-15-21-86-59-50(63-35(3)72)56(81)53(78)44(30-69)91-59;1-12(24)21-17-19(27)18(26)15(10-23)31-20(17)30-7-5-4-6-16(25)22-9-14(29-3)8-13(22)11-28-2/h37-45,49-60,68-70,77-82H,8-33H2,1-7H3,(H3-2,62,63,64,71,72,73,83,84);13-15,17-20,23,26-27H,4-11H2,1-3H3,(H,21,24)/q-2;/t37-,38+,39+,40-,41-,42-,43?,44?,45?,49?,50?,51?,52?,53?,54?,55?,56?,57?,58?,59?,60?,96?,97?;13-,14+,15?,17?,18?,19?,20?/m10/s1. The van der Waals surface area contributed by atoms with Crippen molar-refractivity contribution in [3.05, 3.63) is 0 Å². The summed E-state index contributed by atoms with van der Waals surface area (Å²) in [6.45, 7) is 10.7. The van der Waals surface area contributed by atoms with Gasteiger partial charge in [-0.1, -0.05) is 19.5 Å². The second kappa shape index (κ2) is 52.9. The van der Waals surface area contributed by atoms with Crippen molar-refractivity contribution in [1.82, 2.24) is 40.9 Å². The largest absolute Gasteiger partial charge is 0.789 e. The van der Waals surface area contributed by atoms with Crippen molar-refractivity contribution in [3.8, 4) is 0 Å². The molecule has 0 saturated carbocycles. The van der Waals surface area contributed by atoms with E-state index >= 15 is 0 Å². The minimum Gasteiger partial charge on any atom is -0.789 e. The van der Waals surface area contributed by atoms with Crippen LogP contribution in [0.1, 0.15) is 165 Å². The molecule has 8 fully saturated rings. The van der Waals surface area contributed by atoms with E-state index < -0.39 is 236 Å². The number of carbonyl (C=O) groups excluding carboxylic acids is 8. The predicted octanol–water partition coefficient (Wildman–Crippen LogP) is -5.93. The molecule has 8 saturated heterocycles. The second-order valence-electron chi connectivity index (χ2n) is 34.6. The van der Waals surface area contributed by atoms with Gasteiger partial charge in [-0.05, 0) is 104 Å². The molecule has 8 heterocycles. The van der Waals surface area contributed by atoms with Gasteiger partial charge in [-0.25, -0.2) is 0 Å². The lowest BCUT2D eigenvalue weighted by atomic mass is 9.97. The van der Waals surface area contributed by atoms with Gasteiger partial charge in [0.15, 0.2) is 25.2 Å². The van der Waals surface area contributed by atoms with Crippen molar-refractivity contribution in [3.63, 3.8) is 0 Å². The summed E-state index contributed by atoms with van der Waals surface area (Å²) in [6.07, 6.45) is -10.3. The summed E-state index contributed by atoms with van der Waals surface area (Å²) in [6, 6.07) is -6.20. The van der Waals surface area contributed by atoms with Gasteiger partial charge in [0.05, 0.1) is 94.4 Å². The fourth-order valence-electron chi connectivity index (χ4n) is 16.9. The molecule has 0 aromatic heterocycles. The summed E-state index contributed by atoms with van der Waals surface area (Å²) in [5, 5.41) is 132. The van der Waals surface area contributed by atoms with Gasteiger partial charge in [0.1, 0.15) is 97.4 Å². The topological polar surface area (TPSA) is 625 Å². The van der Waals surface area contributed by atoms with Crippen LogP contribution in [0.15, 0.2) is 0 Å². The quantitative estimate of drug-likeness (QED) is 0.0199. The van der Waals surface area contributed by atoms with E-state index in [1.54, 1.807) is 28.9 Å². The van der Waals surface area contributed by atoms with Crippen LogP contribution >= 0.6 is 15.1 Å². The van der Waals surface area contributed by atoms with Gasteiger partial charge in [-0.3, -0.25) is 38.4 Å². The minimum absolute atomic E-state index is 0.0103. The maximum Gasteiger partial charge on any atom is 0.222 e. The average Bonchev–Trinajstić information content (AvgIpc) is 1.35. The highest BCUT2D eigenvalue weighted by Crippen LogP contribution is 2.46. The molecule has 128 heavy (non-hydrogen) atoms. The van der Waals surface area contributed by atoms with E-state index in [0.717, 1.165) is 6.42 Å². The van der Waals surface area contributed by atoms with Gasteiger partial charge in [0.25, 0.3) is 0 Å². The van der Waals surface area contributed by atoms with Gasteiger partial charge in [0, 0.05) is 141 Å². The van der Waals surface area contributed by atoms with Crippen LogP contribution in [0.25, 0.3) is 0 Å². The Labute approximate surface area is 746 Å². The highest BCUT2D eigenvalue weighted by Gasteiger charge is 2.51. The van der Waals surface area contributed by atoms with Crippen molar-refractivity contribution >= 4 is 75.0 Å². The van der Waals surface area contributed by atoms with E-state index in [2.05, 4.69) is 33.9 Å². The van der Waals surface area contributed by atoms with E-state index in [0.29, 0.717) is 77.4 Å². The maximum atomic E-state index is 14.3. The zero-order valence-corrected chi connectivity index (χ0v) is 76.8. The van der Waals surface area contributed by atoms with Crippen molar-refractivity contribution in [1.29, 1.82) is 0 Å². The van der Waals surface area contributed by atoms with Crippen LogP contribution in [0, 0.1) is 0 Å². The minimum atomic E-state index is -4.25. The number of nitrogens with zero attached hydrogens (tertiary/aromatic N) is 4. The number of aliphatic hydroxyl groups is 12. The molecule has 30 atom stereocenters. The first-order chi connectivity index (χ1) is 60.5. The molecule has 22 unspecified atom stereocenters. The number of methoxy groups -OCH3 is 2. The fourth-order valence-corrected chi connectivity index (χ4v) is 19.1. The molecule has 0 spiro atoms. The Hall–Kier alpha value is -4.80. The molecule has 0 radical (unpaired) electrons. The Morgan fingerprint density at radius 2 is 0.656 bits per heavy atom. The number of unbranched alkanes of at least 4 members (excludes halogenated alkanes) is 4. The van der Waals surface area contributed by atoms with Gasteiger partial charge >= 0.3 is 0 Å². The van der Waals surface area contributed by atoms with Crippen LogP contribution in [-0.2, 0) is 109 Å². The SMILES string of the molecule is C=P([O-])(OC[C@@H]1C[C@@H](OP(=C)([O-])OC[C@@H]2C[C@@H](OC(C)(C)C)CN2C(=O)CCCCOC2OC(CO)C(O)C(O)C2NC(C)=O)CN1C(=O)CCCCOC1OC(CO)C(O)C(O)C1NC(C)=O)O[C@@H]1C[C@@H](CC)N(C(=O)CCCCOC2OC(CO)C(O)C(O)C2NC(C)=O)C1.COC[C@@H]1C[C@@H](OC)CN1C(=O)CCCCOC1OC(CO)C(O)C(O)C1NC(C)=O. The lowest BCUT2D eigenvalue weighted by molar-refractivity contribution is -0.270. The molecule has 47 heteroatoms. The van der Waals surface area contributed by atoms with Gasteiger partial charge in [0.2, 0.25) is 47.3 Å². The van der Waals surface area contributed by atoms with Crippen LogP contribution in [0.5, 0.6) is 0 Å². The molecule has 8 aliphatic heterocycles. The van der Waals surface area contributed by atoms with E-state index in [9.17, 15) is 109 Å². The van der Waals surface area contributed by atoms with Crippen molar-refractivity contribution in [2.24, 2.45) is 0 Å². The summed E-state index contributed by atoms with van der Waals surface area (Å²) in [7, 11) is -5.20. The van der Waals surface area contributed by atoms with Crippen LogP contribution in [0.3, 0.4) is 0 Å². The van der Waals surface area contributed by atoms with E-state index in [-0.39, 0.29) is 127 Å². The molecule has 740 valence electrons. The second-order valence-corrected chi connectivity index (χ2v) is 38.0. The summed E-state index contributed by atoms with van der Waals surface area (Å²) < 4.78 is 86.3. The predicted molar refractivity (Wildman–Crippen MR) is 448 cm³/mol. The highest BCUT2D eigenvalue weighted by atomic mass is 31.2. The third-order valence-corrected chi connectivity index (χ3v) is 25.6. The molecule has 8 rings (SSSR count). The van der Waals surface area contributed by atoms with Gasteiger partial charge in [-0.2, -0.15) is 0 Å². The normalized spacial score (nSPS) is 34.2. The number of amides is 8. The Kier molecular flexibility index (Phi) is 45.6. The first kappa shape index (κ1) is 110. The summed E-state index contributed by atoms with van der Waals surface area (Å²) in [4.78, 5) is 136. The Balaban J connectivity index is 0.000000606.